The van der Waals surface area contributed by atoms with Crippen LogP contribution in [0.2, 0.25) is 5.02 Å². The lowest BCUT2D eigenvalue weighted by atomic mass is 10.0. The van der Waals surface area contributed by atoms with Crippen molar-refractivity contribution < 1.29 is 9.59 Å². The molecular formula is C29H33ClN2O2S. The molecule has 0 saturated heterocycles. The van der Waals surface area contributed by atoms with Gasteiger partial charge < -0.3 is 10.2 Å². The van der Waals surface area contributed by atoms with Crippen molar-refractivity contribution in [1.29, 1.82) is 0 Å². The van der Waals surface area contributed by atoms with Crippen LogP contribution in [0.4, 0.5) is 0 Å². The van der Waals surface area contributed by atoms with Gasteiger partial charge in [-0.1, -0.05) is 104 Å². The zero-order valence-electron chi connectivity index (χ0n) is 20.2. The quantitative estimate of drug-likeness (QED) is 0.282. The molecule has 0 aliphatic rings. The summed E-state index contributed by atoms with van der Waals surface area (Å²) in [5, 5.41) is 3.76. The first kappa shape index (κ1) is 26.8. The zero-order valence-corrected chi connectivity index (χ0v) is 21.7. The molecule has 0 heterocycles. The standard InChI is InChI=1S/C29H33ClN2O2S/c1-2-3-18-31-29(34)27(19-23-12-6-4-7-13-23)32(20-24-14-8-5-9-15-24)28(33)22-35-21-25-16-10-11-17-26(25)30/h4-17,27H,2-3,18-22H2,1H3,(H,31,34)/t27-/m1/s1. The van der Waals surface area contributed by atoms with E-state index in [-0.39, 0.29) is 17.6 Å². The van der Waals surface area contributed by atoms with Gasteiger partial charge in [0.05, 0.1) is 5.75 Å². The van der Waals surface area contributed by atoms with Gasteiger partial charge in [0.15, 0.2) is 0 Å². The highest BCUT2D eigenvalue weighted by Crippen LogP contribution is 2.22. The smallest absolute Gasteiger partial charge is 0.243 e. The first-order valence-electron chi connectivity index (χ1n) is 12.0. The van der Waals surface area contributed by atoms with E-state index < -0.39 is 6.04 Å². The topological polar surface area (TPSA) is 49.4 Å². The number of rotatable bonds is 13. The van der Waals surface area contributed by atoms with Gasteiger partial charge in [0.25, 0.3) is 0 Å². The minimum Gasteiger partial charge on any atom is -0.354 e. The first-order chi connectivity index (χ1) is 17.1. The average molecular weight is 509 g/mol. The van der Waals surface area contributed by atoms with Gasteiger partial charge in [0.2, 0.25) is 11.8 Å². The van der Waals surface area contributed by atoms with E-state index in [1.54, 1.807) is 4.90 Å². The minimum absolute atomic E-state index is 0.0579. The third-order valence-corrected chi connectivity index (χ3v) is 7.07. The van der Waals surface area contributed by atoms with E-state index in [0.717, 1.165) is 29.5 Å². The molecule has 0 aromatic heterocycles. The molecule has 0 aliphatic heterocycles. The molecule has 3 rings (SSSR count). The number of unbranched alkanes of at least 4 members (excludes halogenated alkanes) is 1. The fourth-order valence-corrected chi connectivity index (χ4v) is 4.98. The van der Waals surface area contributed by atoms with Crippen molar-refractivity contribution in [2.75, 3.05) is 12.3 Å². The molecule has 2 amide bonds. The van der Waals surface area contributed by atoms with Gasteiger partial charge in [-0.25, -0.2) is 0 Å². The van der Waals surface area contributed by atoms with Crippen LogP contribution in [-0.4, -0.2) is 35.1 Å². The van der Waals surface area contributed by atoms with Gasteiger partial charge >= 0.3 is 0 Å². The molecule has 0 aliphatic carbocycles. The maximum Gasteiger partial charge on any atom is 0.243 e. The second-order valence-corrected chi connectivity index (χ2v) is 9.83. The summed E-state index contributed by atoms with van der Waals surface area (Å²) in [4.78, 5) is 28.7. The van der Waals surface area contributed by atoms with Crippen molar-refractivity contribution in [3.63, 3.8) is 0 Å². The van der Waals surface area contributed by atoms with Crippen LogP contribution in [0.1, 0.15) is 36.5 Å². The third-order valence-electron chi connectivity index (χ3n) is 5.74. The Hall–Kier alpha value is -2.76. The number of benzene rings is 3. The Kier molecular flexibility index (Phi) is 11.2. The van der Waals surface area contributed by atoms with Crippen LogP contribution in [-0.2, 0) is 28.3 Å². The summed E-state index contributed by atoms with van der Waals surface area (Å²) in [6.07, 6.45) is 2.37. The molecule has 4 nitrogen and oxygen atoms in total. The normalized spacial score (nSPS) is 11.6. The van der Waals surface area contributed by atoms with E-state index >= 15 is 0 Å². The minimum atomic E-state index is -0.595. The molecule has 35 heavy (non-hydrogen) atoms. The number of hydrogen-bond donors (Lipinski definition) is 1. The van der Waals surface area contributed by atoms with Crippen molar-refractivity contribution in [3.8, 4) is 0 Å². The van der Waals surface area contributed by atoms with E-state index in [1.165, 1.54) is 11.8 Å². The van der Waals surface area contributed by atoms with E-state index in [2.05, 4.69) is 12.2 Å². The highest BCUT2D eigenvalue weighted by molar-refractivity contribution is 7.99. The van der Waals surface area contributed by atoms with Gasteiger partial charge in [0.1, 0.15) is 6.04 Å². The Morgan fingerprint density at radius 3 is 2.20 bits per heavy atom. The Bertz CT molecular complexity index is 1060. The Morgan fingerprint density at radius 2 is 1.54 bits per heavy atom. The molecule has 0 unspecified atom stereocenters. The lowest BCUT2D eigenvalue weighted by Gasteiger charge is -2.31. The molecule has 0 radical (unpaired) electrons. The van der Waals surface area contributed by atoms with Gasteiger partial charge in [-0.3, -0.25) is 9.59 Å². The monoisotopic (exact) mass is 508 g/mol. The van der Waals surface area contributed by atoms with Crippen molar-refractivity contribution in [2.24, 2.45) is 0 Å². The van der Waals surface area contributed by atoms with Crippen LogP contribution in [0.15, 0.2) is 84.9 Å². The third kappa shape index (κ3) is 8.75. The average Bonchev–Trinajstić information content (AvgIpc) is 2.88. The maximum absolute atomic E-state index is 13.6. The number of nitrogens with zero attached hydrogens (tertiary/aromatic N) is 1. The van der Waals surface area contributed by atoms with E-state index in [0.29, 0.717) is 30.3 Å². The second-order valence-electron chi connectivity index (χ2n) is 8.44. The molecule has 6 heteroatoms. The highest BCUT2D eigenvalue weighted by atomic mass is 35.5. The van der Waals surface area contributed by atoms with E-state index in [4.69, 9.17) is 11.6 Å². The Morgan fingerprint density at radius 1 is 0.914 bits per heavy atom. The Labute approximate surface area is 218 Å². The summed E-state index contributed by atoms with van der Waals surface area (Å²) < 4.78 is 0. The number of thioether (sulfide) groups is 1. The van der Waals surface area contributed by atoms with Crippen LogP contribution in [0.3, 0.4) is 0 Å². The molecule has 3 aromatic carbocycles. The SMILES string of the molecule is CCCCNC(=O)[C@@H](Cc1ccccc1)N(Cc1ccccc1)C(=O)CSCc1ccccc1Cl. The summed E-state index contributed by atoms with van der Waals surface area (Å²) in [7, 11) is 0. The number of nitrogens with one attached hydrogen (secondary N) is 1. The highest BCUT2D eigenvalue weighted by Gasteiger charge is 2.30. The van der Waals surface area contributed by atoms with Crippen molar-refractivity contribution in [1.82, 2.24) is 10.2 Å². The number of hydrogen-bond acceptors (Lipinski definition) is 3. The molecule has 0 fully saturated rings. The summed E-state index contributed by atoms with van der Waals surface area (Å²) in [6, 6.07) is 26.8. The molecule has 184 valence electrons. The predicted molar refractivity (Wildman–Crippen MR) is 146 cm³/mol. The van der Waals surface area contributed by atoms with Crippen molar-refractivity contribution in [3.05, 3.63) is 107 Å². The molecule has 0 bridgehead atoms. The number of amides is 2. The lowest BCUT2D eigenvalue weighted by molar-refractivity contribution is -0.139. The molecular weight excluding hydrogens is 476 g/mol. The van der Waals surface area contributed by atoms with Gasteiger partial charge in [-0.15, -0.1) is 11.8 Å². The first-order valence-corrected chi connectivity index (χ1v) is 13.6. The van der Waals surface area contributed by atoms with Crippen LogP contribution in [0, 0.1) is 0 Å². The summed E-state index contributed by atoms with van der Waals surface area (Å²) in [6.45, 7) is 3.08. The van der Waals surface area contributed by atoms with Crippen LogP contribution >= 0.6 is 23.4 Å². The van der Waals surface area contributed by atoms with Crippen LogP contribution < -0.4 is 5.32 Å². The summed E-state index contributed by atoms with van der Waals surface area (Å²) in [5.41, 5.74) is 3.02. The molecule has 1 atom stereocenters. The molecule has 1 N–H and O–H groups in total. The van der Waals surface area contributed by atoms with Crippen LogP contribution in [0.25, 0.3) is 0 Å². The zero-order chi connectivity index (χ0) is 24.9. The van der Waals surface area contributed by atoms with Crippen LogP contribution in [0.5, 0.6) is 0 Å². The fraction of sp³-hybridized carbons (Fsp3) is 0.310. The van der Waals surface area contributed by atoms with Crippen molar-refractivity contribution in [2.45, 2.75) is 44.5 Å². The molecule has 3 aromatic rings. The molecule has 0 saturated carbocycles. The lowest BCUT2D eigenvalue weighted by Crippen LogP contribution is -2.51. The number of carbonyl (C=O) groups is 2. The predicted octanol–water partition coefficient (Wildman–Crippen LogP) is 6.13. The van der Waals surface area contributed by atoms with E-state index in [9.17, 15) is 9.59 Å². The Balaban J connectivity index is 1.81. The fourth-order valence-electron chi connectivity index (χ4n) is 3.79. The maximum atomic E-state index is 13.6. The van der Waals surface area contributed by atoms with Gasteiger partial charge in [-0.2, -0.15) is 0 Å². The molecule has 0 spiro atoms. The number of carbonyl (C=O) groups excluding carboxylic acids is 2. The van der Waals surface area contributed by atoms with Gasteiger partial charge in [0, 0.05) is 30.3 Å². The summed E-state index contributed by atoms with van der Waals surface area (Å²) in [5.74, 6) is 0.738. The number of halogens is 1. The van der Waals surface area contributed by atoms with E-state index in [1.807, 2.05) is 84.9 Å². The second kappa shape index (κ2) is 14.6. The van der Waals surface area contributed by atoms with Gasteiger partial charge in [-0.05, 0) is 29.2 Å². The largest absolute Gasteiger partial charge is 0.354 e. The summed E-state index contributed by atoms with van der Waals surface area (Å²) >= 11 is 7.81. The van der Waals surface area contributed by atoms with Crippen molar-refractivity contribution >= 4 is 35.2 Å².